The number of rotatable bonds is 3. The number of nitriles is 1. The van der Waals surface area contributed by atoms with Crippen LogP contribution in [-0.2, 0) is 6.54 Å². The summed E-state index contributed by atoms with van der Waals surface area (Å²) in [5.41, 5.74) is 1.07. The summed E-state index contributed by atoms with van der Waals surface area (Å²) in [5.74, 6) is 0.514. The molecule has 1 heterocycles. The Kier molecular flexibility index (Phi) is 3.21. The molecule has 1 aromatic carbocycles. The SMILES string of the molecule is CCC1CN(Cc2ccc(C#N)cc2F)C1. The summed E-state index contributed by atoms with van der Waals surface area (Å²) >= 11 is 0. The van der Waals surface area contributed by atoms with Gasteiger partial charge in [-0.2, -0.15) is 5.26 Å². The van der Waals surface area contributed by atoms with E-state index in [0.717, 1.165) is 19.0 Å². The van der Waals surface area contributed by atoms with Crippen molar-refractivity contribution in [2.45, 2.75) is 19.9 Å². The molecule has 1 saturated heterocycles. The number of hydrogen-bond acceptors (Lipinski definition) is 2. The predicted molar refractivity (Wildman–Crippen MR) is 60.2 cm³/mol. The van der Waals surface area contributed by atoms with Crippen molar-refractivity contribution in [1.82, 2.24) is 4.90 Å². The maximum atomic E-state index is 13.6. The van der Waals surface area contributed by atoms with Crippen molar-refractivity contribution in [3.8, 4) is 6.07 Å². The topological polar surface area (TPSA) is 27.0 Å². The van der Waals surface area contributed by atoms with Crippen molar-refractivity contribution >= 4 is 0 Å². The van der Waals surface area contributed by atoms with E-state index in [9.17, 15) is 4.39 Å². The zero-order valence-corrected chi connectivity index (χ0v) is 9.41. The number of nitrogens with zero attached hydrogens (tertiary/aromatic N) is 2. The maximum Gasteiger partial charge on any atom is 0.129 e. The predicted octanol–water partition coefficient (Wildman–Crippen LogP) is 2.54. The molecular formula is C13H15FN2. The summed E-state index contributed by atoms with van der Waals surface area (Å²) in [4.78, 5) is 2.23. The normalized spacial score (nSPS) is 16.8. The monoisotopic (exact) mass is 218 g/mol. The Morgan fingerprint density at radius 3 is 2.81 bits per heavy atom. The van der Waals surface area contributed by atoms with Crippen LogP contribution in [0.4, 0.5) is 4.39 Å². The Labute approximate surface area is 95.3 Å². The Morgan fingerprint density at radius 1 is 1.50 bits per heavy atom. The van der Waals surface area contributed by atoms with Gasteiger partial charge < -0.3 is 0 Å². The molecule has 0 bridgehead atoms. The van der Waals surface area contributed by atoms with Gasteiger partial charge in [-0.05, 0) is 18.1 Å². The van der Waals surface area contributed by atoms with E-state index >= 15 is 0 Å². The molecule has 1 aliphatic heterocycles. The molecule has 0 atom stereocenters. The highest BCUT2D eigenvalue weighted by Gasteiger charge is 2.25. The first-order valence-electron chi connectivity index (χ1n) is 5.63. The number of halogens is 1. The Hall–Kier alpha value is -1.40. The molecule has 0 aromatic heterocycles. The van der Waals surface area contributed by atoms with Gasteiger partial charge >= 0.3 is 0 Å². The molecule has 0 unspecified atom stereocenters. The molecule has 16 heavy (non-hydrogen) atoms. The molecule has 2 rings (SSSR count). The van der Waals surface area contributed by atoms with Crippen LogP contribution < -0.4 is 0 Å². The second-order valence-electron chi connectivity index (χ2n) is 4.39. The van der Waals surface area contributed by atoms with Gasteiger partial charge in [-0.25, -0.2) is 4.39 Å². The van der Waals surface area contributed by atoms with Crippen molar-refractivity contribution in [1.29, 1.82) is 5.26 Å². The molecule has 1 aromatic rings. The quantitative estimate of drug-likeness (QED) is 0.779. The molecule has 0 radical (unpaired) electrons. The summed E-state index contributed by atoms with van der Waals surface area (Å²) in [6.45, 7) is 4.98. The summed E-state index contributed by atoms with van der Waals surface area (Å²) in [6, 6.07) is 6.64. The lowest BCUT2D eigenvalue weighted by atomic mass is 9.96. The second-order valence-corrected chi connectivity index (χ2v) is 4.39. The number of benzene rings is 1. The van der Waals surface area contributed by atoms with Crippen molar-refractivity contribution in [3.63, 3.8) is 0 Å². The molecule has 0 aliphatic carbocycles. The third-order valence-electron chi connectivity index (χ3n) is 3.19. The summed E-state index contributed by atoms with van der Waals surface area (Å²) in [5, 5.41) is 8.63. The van der Waals surface area contributed by atoms with Crippen LogP contribution in [0.2, 0.25) is 0 Å². The number of likely N-dealkylation sites (tertiary alicyclic amines) is 1. The van der Waals surface area contributed by atoms with E-state index in [1.165, 1.54) is 12.5 Å². The molecule has 0 saturated carbocycles. The Morgan fingerprint density at radius 2 is 2.25 bits per heavy atom. The standard InChI is InChI=1S/C13H15FN2/c1-2-10-7-16(8-10)9-12-4-3-11(6-15)5-13(12)14/h3-5,10H,2,7-9H2,1H3. The fraction of sp³-hybridized carbons (Fsp3) is 0.462. The first-order valence-corrected chi connectivity index (χ1v) is 5.63. The highest BCUT2D eigenvalue weighted by molar-refractivity contribution is 5.32. The van der Waals surface area contributed by atoms with Crippen molar-refractivity contribution in [2.24, 2.45) is 5.92 Å². The lowest BCUT2D eigenvalue weighted by Crippen LogP contribution is -2.45. The van der Waals surface area contributed by atoms with E-state index in [0.29, 0.717) is 17.7 Å². The zero-order chi connectivity index (χ0) is 11.5. The van der Waals surface area contributed by atoms with Gasteiger partial charge in [-0.1, -0.05) is 19.4 Å². The zero-order valence-electron chi connectivity index (χ0n) is 9.41. The lowest BCUT2D eigenvalue weighted by Gasteiger charge is -2.38. The number of hydrogen-bond donors (Lipinski definition) is 0. The summed E-state index contributed by atoms with van der Waals surface area (Å²) in [6.07, 6.45) is 1.20. The van der Waals surface area contributed by atoms with Gasteiger partial charge in [0.15, 0.2) is 0 Å². The third-order valence-corrected chi connectivity index (χ3v) is 3.19. The molecular weight excluding hydrogens is 203 g/mol. The molecule has 0 amide bonds. The van der Waals surface area contributed by atoms with Crippen LogP contribution in [0, 0.1) is 23.1 Å². The van der Waals surface area contributed by atoms with E-state index in [1.807, 2.05) is 6.07 Å². The van der Waals surface area contributed by atoms with E-state index in [-0.39, 0.29) is 5.82 Å². The van der Waals surface area contributed by atoms with Crippen LogP contribution in [0.15, 0.2) is 18.2 Å². The molecule has 3 heteroatoms. The minimum atomic E-state index is -0.265. The van der Waals surface area contributed by atoms with Gasteiger partial charge in [-0.15, -0.1) is 0 Å². The molecule has 0 N–H and O–H groups in total. The van der Waals surface area contributed by atoms with Crippen molar-refractivity contribution in [2.75, 3.05) is 13.1 Å². The van der Waals surface area contributed by atoms with Crippen molar-refractivity contribution < 1.29 is 4.39 Å². The third kappa shape index (κ3) is 2.23. The fourth-order valence-electron chi connectivity index (χ4n) is 2.05. The molecule has 84 valence electrons. The minimum absolute atomic E-state index is 0.265. The van der Waals surface area contributed by atoms with Gasteiger partial charge in [0.05, 0.1) is 11.6 Å². The highest BCUT2D eigenvalue weighted by atomic mass is 19.1. The first kappa shape index (κ1) is 11.1. The Bertz CT molecular complexity index is 416. The summed E-state index contributed by atoms with van der Waals surface area (Å²) < 4.78 is 13.6. The molecule has 0 spiro atoms. The van der Waals surface area contributed by atoms with Gasteiger partial charge in [0.25, 0.3) is 0 Å². The van der Waals surface area contributed by atoms with Crippen LogP contribution >= 0.6 is 0 Å². The minimum Gasteiger partial charge on any atom is -0.298 e. The van der Waals surface area contributed by atoms with Gasteiger partial charge in [0.1, 0.15) is 5.82 Å². The average molecular weight is 218 g/mol. The van der Waals surface area contributed by atoms with E-state index in [1.54, 1.807) is 12.1 Å². The van der Waals surface area contributed by atoms with E-state index in [2.05, 4.69) is 11.8 Å². The summed E-state index contributed by atoms with van der Waals surface area (Å²) in [7, 11) is 0. The van der Waals surface area contributed by atoms with Crippen LogP contribution in [0.1, 0.15) is 24.5 Å². The van der Waals surface area contributed by atoms with Crippen molar-refractivity contribution in [3.05, 3.63) is 35.1 Å². The van der Waals surface area contributed by atoms with Gasteiger partial charge in [0.2, 0.25) is 0 Å². The van der Waals surface area contributed by atoms with E-state index < -0.39 is 0 Å². The molecule has 1 aliphatic rings. The average Bonchev–Trinajstić information content (AvgIpc) is 2.24. The van der Waals surface area contributed by atoms with Crippen LogP contribution in [0.3, 0.4) is 0 Å². The molecule has 2 nitrogen and oxygen atoms in total. The lowest BCUT2D eigenvalue weighted by molar-refractivity contribution is 0.0886. The largest absolute Gasteiger partial charge is 0.298 e. The second kappa shape index (κ2) is 4.63. The maximum absolute atomic E-state index is 13.6. The highest BCUT2D eigenvalue weighted by Crippen LogP contribution is 2.22. The van der Waals surface area contributed by atoms with Gasteiger partial charge in [0, 0.05) is 25.2 Å². The van der Waals surface area contributed by atoms with Crippen LogP contribution in [-0.4, -0.2) is 18.0 Å². The fourth-order valence-corrected chi connectivity index (χ4v) is 2.05. The van der Waals surface area contributed by atoms with E-state index in [4.69, 9.17) is 5.26 Å². The Balaban J connectivity index is 1.98. The van der Waals surface area contributed by atoms with Crippen LogP contribution in [0.5, 0.6) is 0 Å². The first-order chi connectivity index (χ1) is 7.72. The smallest absolute Gasteiger partial charge is 0.129 e. The van der Waals surface area contributed by atoms with Crippen LogP contribution in [0.25, 0.3) is 0 Å². The molecule has 1 fully saturated rings. The van der Waals surface area contributed by atoms with Gasteiger partial charge in [-0.3, -0.25) is 4.90 Å².